The van der Waals surface area contributed by atoms with E-state index in [1.807, 2.05) is 41.1 Å². The fraction of sp³-hybridized carbons (Fsp3) is 0.300. The van der Waals surface area contributed by atoms with Crippen molar-refractivity contribution in [2.45, 2.75) is 29.9 Å². The van der Waals surface area contributed by atoms with Gasteiger partial charge in [0.25, 0.3) is 0 Å². The molecule has 2 aromatic heterocycles. The maximum absolute atomic E-state index is 13.2. The normalized spacial score (nSPS) is 12.4. The Kier molecular flexibility index (Phi) is 5.44. The number of ether oxygens (including phenoxy) is 1. The fourth-order valence-corrected chi connectivity index (χ4v) is 4.53. The first-order chi connectivity index (χ1) is 12.4. The van der Waals surface area contributed by atoms with E-state index >= 15 is 0 Å². The van der Waals surface area contributed by atoms with Crippen LogP contribution in [0.3, 0.4) is 0 Å². The van der Waals surface area contributed by atoms with E-state index in [1.165, 1.54) is 0 Å². The van der Waals surface area contributed by atoms with E-state index in [9.17, 15) is 8.42 Å². The van der Waals surface area contributed by atoms with Crippen molar-refractivity contribution in [1.29, 1.82) is 0 Å². The second-order valence-corrected chi connectivity index (χ2v) is 9.93. The number of pyridine rings is 1. The Morgan fingerprint density at radius 2 is 1.85 bits per heavy atom. The molecule has 26 heavy (non-hydrogen) atoms. The van der Waals surface area contributed by atoms with Gasteiger partial charge >= 0.3 is 0 Å². The molecule has 0 amide bonds. The number of nitrogens with zero attached hydrogens (tertiary/aromatic N) is 1. The molecule has 2 heterocycles. The Hall–Kier alpha value is -1.79. The lowest BCUT2D eigenvalue weighted by Gasteiger charge is -2.24. The molecule has 0 aliphatic rings. The van der Waals surface area contributed by atoms with Crippen molar-refractivity contribution in [1.82, 2.24) is 4.40 Å². The zero-order valence-electron chi connectivity index (χ0n) is 14.9. The van der Waals surface area contributed by atoms with Gasteiger partial charge in [0.2, 0.25) is 0 Å². The summed E-state index contributed by atoms with van der Waals surface area (Å²) in [5.41, 5.74) is 1.74. The molecule has 0 radical (unpaired) electrons. The molecule has 0 aliphatic heterocycles. The first-order valence-electron chi connectivity index (χ1n) is 8.47. The number of aromatic nitrogens is 1. The maximum Gasteiger partial charge on any atom is 0.187 e. The van der Waals surface area contributed by atoms with Crippen LogP contribution < -0.4 is 4.74 Å². The van der Waals surface area contributed by atoms with Gasteiger partial charge < -0.3 is 9.14 Å². The summed E-state index contributed by atoms with van der Waals surface area (Å²) >= 11 is 3.36. The molecule has 0 N–H and O–H groups in total. The summed E-state index contributed by atoms with van der Waals surface area (Å²) in [4.78, 5) is 0.297. The number of halogens is 1. The minimum absolute atomic E-state index is 0.297. The summed E-state index contributed by atoms with van der Waals surface area (Å²) in [6.45, 7) is 4.09. The Bertz CT molecular complexity index is 958. The van der Waals surface area contributed by atoms with Crippen molar-refractivity contribution in [2.75, 3.05) is 11.9 Å². The number of hydrogen-bond acceptors (Lipinski definition) is 3. The second kappa shape index (κ2) is 7.45. The largest absolute Gasteiger partial charge is 0.494 e. The average Bonchev–Trinajstić information content (AvgIpc) is 3.07. The summed E-state index contributed by atoms with van der Waals surface area (Å²) in [6.07, 6.45) is 4.69. The van der Waals surface area contributed by atoms with Crippen LogP contribution >= 0.6 is 15.9 Å². The first-order valence-corrected chi connectivity index (χ1v) is 11.1. The summed E-state index contributed by atoms with van der Waals surface area (Å²) in [6, 6.07) is 14.4. The van der Waals surface area contributed by atoms with Crippen LogP contribution in [0, 0.1) is 0 Å². The topological polar surface area (TPSA) is 47.8 Å². The summed E-state index contributed by atoms with van der Waals surface area (Å²) < 4.78 is 33.0. The van der Waals surface area contributed by atoms with Gasteiger partial charge in [0.1, 0.15) is 5.75 Å². The van der Waals surface area contributed by atoms with E-state index in [0.29, 0.717) is 17.3 Å². The van der Waals surface area contributed by atoms with Crippen molar-refractivity contribution in [3.8, 4) is 5.75 Å². The average molecular weight is 436 g/mol. The lowest BCUT2D eigenvalue weighted by atomic mass is 10.1. The minimum atomic E-state index is -3.56. The molecule has 0 fully saturated rings. The Morgan fingerprint density at radius 1 is 1.12 bits per heavy atom. The molecule has 0 unspecified atom stereocenters. The highest BCUT2D eigenvalue weighted by Gasteiger charge is 2.38. The van der Waals surface area contributed by atoms with Crippen LogP contribution in [0.25, 0.3) is 5.52 Å². The van der Waals surface area contributed by atoms with Crippen LogP contribution in [-0.2, 0) is 14.6 Å². The fourth-order valence-electron chi connectivity index (χ4n) is 2.79. The number of fused-ring (bicyclic) bond motifs is 1. The predicted octanol–water partition coefficient (Wildman–Crippen LogP) is 4.81. The lowest BCUT2D eigenvalue weighted by Crippen LogP contribution is -2.28. The Morgan fingerprint density at radius 3 is 2.50 bits per heavy atom. The van der Waals surface area contributed by atoms with Crippen LogP contribution in [0.15, 0.2) is 65.8 Å². The van der Waals surface area contributed by atoms with Gasteiger partial charge in [-0.05, 0) is 68.3 Å². The van der Waals surface area contributed by atoms with E-state index in [2.05, 4.69) is 15.9 Å². The van der Waals surface area contributed by atoms with Crippen molar-refractivity contribution < 1.29 is 13.2 Å². The third kappa shape index (κ3) is 3.53. The van der Waals surface area contributed by atoms with Crippen molar-refractivity contribution in [3.63, 3.8) is 0 Å². The van der Waals surface area contributed by atoms with Crippen molar-refractivity contribution in [2.24, 2.45) is 0 Å². The lowest BCUT2D eigenvalue weighted by molar-refractivity contribution is 0.319. The van der Waals surface area contributed by atoms with E-state index in [-0.39, 0.29) is 0 Å². The van der Waals surface area contributed by atoms with Gasteiger partial charge in [-0.1, -0.05) is 22.0 Å². The standard InChI is InChI=1S/C20H22BrNO3S/c1-20(2,16-14-17-6-3-4-12-22(17)15-16)26(23,24)19-9-7-18(8-10-19)25-13-5-11-21/h3-4,6-10,12,14-15H,5,11,13H2,1-2H3. The molecule has 0 saturated carbocycles. The summed E-state index contributed by atoms with van der Waals surface area (Å²) in [5.74, 6) is 0.678. The SMILES string of the molecule is CC(C)(c1cc2ccccn2c1)S(=O)(=O)c1ccc(OCCCBr)cc1. The quantitative estimate of drug-likeness (QED) is 0.395. The molecular formula is C20H22BrNO3S. The predicted molar refractivity (Wildman–Crippen MR) is 108 cm³/mol. The van der Waals surface area contributed by atoms with Crippen LogP contribution in [0.1, 0.15) is 25.8 Å². The molecule has 3 rings (SSSR count). The zero-order chi connectivity index (χ0) is 18.8. The molecule has 0 saturated heterocycles. The van der Waals surface area contributed by atoms with Crippen LogP contribution in [0.5, 0.6) is 5.75 Å². The molecule has 3 aromatic rings. The van der Waals surface area contributed by atoms with Gasteiger partial charge in [0.05, 0.1) is 16.2 Å². The third-order valence-corrected chi connectivity index (χ3v) is 7.59. The molecule has 0 bridgehead atoms. The highest BCUT2D eigenvalue weighted by Crippen LogP contribution is 2.36. The van der Waals surface area contributed by atoms with Crippen molar-refractivity contribution in [3.05, 3.63) is 66.5 Å². The minimum Gasteiger partial charge on any atom is -0.494 e. The van der Waals surface area contributed by atoms with Crippen LogP contribution in [0.2, 0.25) is 0 Å². The smallest absolute Gasteiger partial charge is 0.187 e. The van der Waals surface area contributed by atoms with E-state index < -0.39 is 14.6 Å². The molecule has 0 aliphatic carbocycles. The van der Waals surface area contributed by atoms with E-state index in [0.717, 1.165) is 22.8 Å². The molecule has 138 valence electrons. The number of hydrogen-bond donors (Lipinski definition) is 0. The molecule has 0 atom stereocenters. The maximum atomic E-state index is 13.2. The van der Waals surface area contributed by atoms with Gasteiger partial charge in [0, 0.05) is 23.2 Å². The van der Waals surface area contributed by atoms with E-state index in [4.69, 9.17) is 4.74 Å². The Labute approximate surface area is 162 Å². The number of benzene rings is 1. The number of alkyl halides is 1. The van der Waals surface area contributed by atoms with Crippen molar-refractivity contribution >= 4 is 31.3 Å². The third-order valence-electron chi connectivity index (χ3n) is 4.55. The molecule has 6 heteroatoms. The monoisotopic (exact) mass is 435 g/mol. The van der Waals surface area contributed by atoms with Gasteiger partial charge in [-0.15, -0.1) is 0 Å². The van der Waals surface area contributed by atoms with Gasteiger partial charge in [-0.2, -0.15) is 0 Å². The molecule has 4 nitrogen and oxygen atoms in total. The van der Waals surface area contributed by atoms with Crippen LogP contribution in [-0.4, -0.2) is 24.8 Å². The summed E-state index contributed by atoms with van der Waals surface area (Å²) in [7, 11) is -3.56. The highest BCUT2D eigenvalue weighted by molar-refractivity contribution is 9.09. The molecule has 1 aromatic carbocycles. The first kappa shape index (κ1) is 19.0. The van der Waals surface area contributed by atoms with Crippen LogP contribution in [0.4, 0.5) is 0 Å². The highest BCUT2D eigenvalue weighted by atomic mass is 79.9. The zero-order valence-corrected chi connectivity index (χ0v) is 17.3. The van der Waals surface area contributed by atoms with E-state index in [1.54, 1.807) is 38.1 Å². The summed E-state index contributed by atoms with van der Waals surface area (Å²) in [5, 5.41) is 0.875. The van der Waals surface area contributed by atoms with Gasteiger partial charge in [-0.25, -0.2) is 8.42 Å². The molecule has 0 spiro atoms. The van der Waals surface area contributed by atoms with Gasteiger partial charge in [-0.3, -0.25) is 0 Å². The number of sulfone groups is 1. The van der Waals surface area contributed by atoms with Gasteiger partial charge in [0.15, 0.2) is 9.84 Å². The molecular weight excluding hydrogens is 414 g/mol. The number of rotatable bonds is 7. The Balaban J connectivity index is 1.90. The second-order valence-electron chi connectivity index (χ2n) is 6.64.